The Kier molecular flexibility index (Phi) is 13.0. The quantitative estimate of drug-likeness (QED) is 0.258. The van der Waals surface area contributed by atoms with Crippen molar-refractivity contribution >= 4 is 51.9 Å². The molecule has 2 aliphatic carbocycles. The van der Waals surface area contributed by atoms with Crippen LogP contribution in [0, 0.1) is 17.8 Å². The number of aryl methyl sites for hydroxylation is 1. The van der Waals surface area contributed by atoms with Gasteiger partial charge in [0.2, 0.25) is 10.0 Å². The number of rotatable bonds is 2. The van der Waals surface area contributed by atoms with Crippen LogP contribution in [0.15, 0.2) is 48.6 Å². The first kappa shape index (κ1) is 40.5. The number of hydrogen-bond acceptors (Lipinski definition) is 10. The minimum atomic E-state index is -4.00. The van der Waals surface area contributed by atoms with Crippen molar-refractivity contribution < 1.29 is 37.7 Å². The van der Waals surface area contributed by atoms with Crippen LogP contribution in [-0.2, 0) is 31.4 Å². The van der Waals surface area contributed by atoms with Gasteiger partial charge in [-0.15, -0.1) is 12.4 Å². The second-order valence-electron chi connectivity index (χ2n) is 14.9. The summed E-state index contributed by atoms with van der Waals surface area (Å²) in [6.07, 6.45) is 8.57. The summed E-state index contributed by atoms with van der Waals surface area (Å²) in [6, 6.07) is 11.3. The Bertz CT molecular complexity index is 1740. The van der Waals surface area contributed by atoms with Crippen molar-refractivity contribution in [1.29, 1.82) is 0 Å². The van der Waals surface area contributed by atoms with Crippen LogP contribution in [0.1, 0.15) is 67.4 Å². The summed E-state index contributed by atoms with van der Waals surface area (Å²) in [6.45, 7) is 7.40. The summed E-state index contributed by atoms with van der Waals surface area (Å²) in [7, 11) is -4.00. The fraction of sp³-hybridized carbons (Fsp3) is 0.579. The minimum absolute atomic E-state index is 0. The zero-order chi connectivity index (χ0) is 36.4. The van der Waals surface area contributed by atoms with Gasteiger partial charge < -0.3 is 29.9 Å². The van der Waals surface area contributed by atoms with Gasteiger partial charge in [-0.3, -0.25) is 9.59 Å². The lowest BCUT2D eigenvalue weighted by Crippen LogP contribution is -2.53. The third-order valence-electron chi connectivity index (χ3n) is 11.6. The molecule has 5 aliphatic rings. The molecule has 1 spiro atoms. The molecule has 2 fully saturated rings. The fourth-order valence-electron chi connectivity index (χ4n) is 8.17. The zero-order valence-electron chi connectivity index (χ0n) is 29.8. The molecule has 3 heterocycles. The monoisotopic (exact) mass is 779 g/mol. The molecule has 14 heteroatoms. The average molecular weight is 781 g/mol. The molecule has 7 rings (SSSR count). The highest BCUT2D eigenvalue weighted by Crippen LogP contribution is 2.48. The number of carbonyl (C=O) groups excluding carboxylic acids is 2. The first-order valence-corrected chi connectivity index (χ1v) is 20.0. The van der Waals surface area contributed by atoms with Gasteiger partial charge >= 0.3 is 0 Å². The van der Waals surface area contributed by atoms with Gasteiger partial charge in [0.05, 0.1) is 43.4 Å². The second kappa shape index (κ2) is 16.8. The van der Waals surface area contributed by atoms with E-state index in [1.807, 2.05) is 12.1 Å². The third-order valence-corrected chi connectivity index (χ3v) is 13.7. The number of amides is 1. The first-order chi connectivity index (χ1) is 24.4. The van der Waals surface area contributed by atoms with Crippen molar-refractivity contribution in [2.75, 3.05) is 51.0 Å². The van der Waals surface area contributed by atoms with Crippen LogP contribution in [-0.4, -0.2) is 93.8 Å². The van der Waals surface area contributed by atoms with E-state index in [-0.39, 0.29) is 53.8 Å². The zero-order valence-corrected chi connectivity index (χ0v) is 32.1. The number of halogens is 2. The molecule has 2 bridgehead atoms. The lowest BCUT2D eigenvalue weighted by Gasteiger charge is -2.47. The molecule has 1 saturated carbocycles. The number of fused-ring (bicyclic) bond motifs is 4. The van der Waals surface area contributed by atoms with Gasteiger partial charge in [-0.25, -0.2) is 13.1 Å². The largest absolute Gasteiger partial charge is 0.490 e. The summed E-state index contributed by atoms with van der Waals surface area (Å²) >= 11 is 6.38. The van der Waals surface area contributed by atoms with E-state index in [2.05, 4.69) is 21.0 Å². The molecule has 0 unspecified atom stereocenters. The smallest absolute Gasteiger partial charge is 0.264 e. The predicted octanol–water partition coefficient (Wildman–Crippen LogP) is 4.20. The Hall–Kier alpha value is -2.71. The van der Waals surface area contributed by atoms with E-state index in [1.165, 1.54) is 17.2 Å². The number of aldehydes is 1. The Labute approximate surface area is 317 Å². The molecule has 7 atom stereocenters. The van der Waals surface area contributed by atoms with Crippen molar-refractivity contribution in [2.45, 2.75) is 74.7 Å². The van der Waals surface area contributed by atoms with Crippen LogP contribution >= 0.6 is 24.0 Å². The number of morpholine rings is 1. The number of nitrogens with one attached hydrogen (secondary N) is 2. The fourth-order valence-corrected chi connectivity index (χ4v) is 9.65. The van der Waals surface area contributed by atoms with Crippen LogP contribution in [0.25, 0.3) is 0 Å². The molecule has 4 N–H and O–H groups in total. The number of nitrogens with zero attached hydrogens (tertiary/aromatic N) is 1. The summed E-state index contributed by atoms with van der Waals surface area (Å²) < 4.78 is 40.2. The summed E-state index contributed by atoms with van der Waals surface area (Å²) in [5.41, 5.74) is 1.35. The first-order valence-electron chi connectivity index (χ1n) is 18.0. The number of ether oxygens (including phenoxy) is 2. The van der Waals surface area contributed by atoms with Crippen molar-refractivity contribution in [1.82, 2.24) is 10.0 Å². The molecule has 2 aromatic carbocycles. The molecular weight excluding hydrogens is 729 g/mol. The highest BCUT2D eigenvalue weighted by atomic mass is 35.5. The van der Waals surface area contributed by atoms with Gasteiger partial charge in [0.1, 0.15) is 11.4 Å². The van der Waals surface area contributed by atoms with Crippen molar-refractivity contribution in [3.05, 3.63) is 70.3 Å². The summed E-state index contributed by atoms with van der Waals surface area (Å²) in [5.74, 6) is -0.681. The number of benzene rings is 2. The number of aliphatic hydroxyl groups is 2. The molecule has 1 saturated heterocycles. The number of allylic oxidation sites excluding steroid dienone is 1. The van der Waals surface area contributed by atoms with E-state index in [0.717, 1.165) is 38.8 Å². The lowest BCUT2D eigenvalue weighted by molar-refractivity contribution is -0.130. The molecule has 3 aliphatic heterocycles. The second-order valence-corrected chi connectivity index (χ2v) is 17.4. The molecule has 1 amide bonds. The van der Waals surface area contributed by atoms with Crippen molar-refractivity contribution in [3.8, 4) is 5.75 Å². The van der Waals surface area contributed by atoms with Crippen LogP contribution in [0.4, 0.5) is 5.69 Å². The van der Waals surface area contributed by atoms with Crippen LogP contribution in [0.5, 0.6) is 5.75 Å². The average Bonchev–Trinajstić information content (AvgIpc) is 3.26. The SMILES string of the molecule is C[C@@H]1[C@@H](C)C/C=C/[C@](O)(C=O)[C@@H]2CC[C@H]2CN2C[C@@]3(CCCc4cc(Cl)ccc43)COc3ccc(cc32)C(=O)NS1(=O)=O.Cl.OC[C@H]1COCCN1. The van der Waals surface area contributed by atoms with Gasteiger partial charge in [-0.2, -0.15) is 0 Å². The minimum Gasteiger partial charge on any atom is -0.490 e. The number of hydrogen-bond donors (Lipinski definition) is 4. The number of anilines is 1. The van der Waals surface area contributed by atoms with E-state index in [4.69, 9.17) is 26.2 Å². The van der Waals surface area contributed by atoms with E-state index in [0.29, 0.717) is 61.9 Å². The Morgan fingerprint density at radius 3 is 2.63 bits per heavy atom. The lowest BCUT2D eigenvalue weighted by atomic mass is 9.64. The maximum absolute atomic E-state index is 13.3. The Balaban J connectivity index is 0.000000515. The van der Waals surface area contributed by atoms with Gasteiger partial charge in [0.15, 0.2) is 6.29 Å². The third kappa shape index (κ3) is 8.48. The maximum atomic E-state index is 13.3. The molecule has 2 aromatic rings. The predicted molar refractivity (Wildman–Crippen MR) is 203 cm³/mol. The standard InChI is InChI=1S/C33H39ClN2O6S.C5H11NO2.ClH/c1-21-5-3-14-33(39,19-37)28-10-7-25(28)17-36-18-32(13-4-6-23-15-26(34)9-11-27(23)32)20-42-30-12-8-24(16-29(30)36)31(38)35-43(40,41)22(21)2;7-3-5-4-8-2-1-6-5;/h3,8-9,11-12,14-16,19,21-22,25,28,39H,4-7,10,13,17-18,20H2,1-2H3,(H,35,38);5-7H,1-4H2;1H/b14-3+;;/t21-,22+,25-,28+,32-,33-;5-;/m00./s1. The van der Waals surface area contributed by atoms with E-state index in [1.54, 1.807) is 38.1 Å². The van der Waals surface area contributed by atoms with Crippen molar-refractivity contribution in [3.63, 3.8) is 0 Å². The highest BCUT2D eigenvalue weighted by molar-refractivity contribution is 7.90. The number of aliphatic hydroxyl groups excluding tert-OH is 1. The van der Waals surface area contributed by atoms with Gasteiger partial charge in [0, 0.05) is 41.6 Å². The van der Waals surface area contributed by atoms with Gasteiger partial charge in [-0.1, -0.05) is 30.7 Å². The maximum Gasteiger partial charge on any atom is 0.264 e. The normalized spacial score (nSPS) is 33.1. The molecule has 0 radical (unpaired) electrons. The van der Waals surface area contributed by atoms with E-state index < -0.39 is 26.8 Å². The van der Waals surface area contributed by atoms with Crippen LogP contribution < -0.4 is 19.7 Å². The van der Waals surface area contributed by atoms with E-state index >= 15 is 0 Å². The Morgan fingerprint density at radius 1 is 1.15 bits per heavy atom. The summed E-state index contributed by atoms with van der Waals surface area (Å²) in [5, 5.41) is 23.0. The highest BCUT2D eigenvalue weighted by Gasteiger charge is 2.48. The molecular formula is C38H51Cl2N3O8S. The Morgan fingerprint density at radius 2 is 1.96 bits per heavy atom. The molecule has 0 aromatic heterocycles. The molecule has 286 valence electrons. The molecule has 52 heavy (non-hydrogen) atoms. The number of sulfonamides is 1. The summed E-state index contributed by atoms with van der Waals surface area (Å²) in [4.78, 5) is 27.9. The van der Waals surface area contributed by atoms with E-state index in [9.17, 15) is 23.1 Å². The topological polar surface area (TPSA) is 154 Å². The van der Waals surface area contributed by atoms with Crippen LogP contribution in [0.3, 0.4) is 0 Å². The van der Waals surface area contributed by atoms with Gasteiger partial charge in [-0.05, 0) is 105 Å². The van der Waals surface area contributed by atoms with Crippen molar-refractivity contribution in [2.24, 2.45) is 17.8 Å². The molecule has 11 nitrogen and oxygen atoms in total. The number of carbonyl (C=O) groups is 2. The van der Waals surface area contributed by atoms with Gasteiger partial charge in [0.25, 0.3) is 5.91 Å². The van der Waals surface area contributed by atoms with Crippen LogP contribution in [0.2, 0.25) is 5.02 Å².